The molecule has 1 aromatic carbocycles. The summed E-state index contributed by atoms with van der Waals surface area (Å²) in [7, 11) is 0. The third-order valence-electron chi connectivity index (χ3n) is 4.80. The average molecular weight is 469 g/mol. The third kappa shape index (κ3) is 4.24. The minimum absolute atomic E-state index is 0. The van der Waals surface area contributed by atoms with E-state index < -0.39 is 11.8 Å². The summed E-state index contributed by atoms with van der Waals surface area (Å²) in [6, 6.07) is 3.14. The van der Waals surface area contributed by atoms with Crippen molar-refractivity contribution in [1.29, 1.82) is 0 Å². The molecule has 1 aliphatic carbocycles. The van der Waals surface area contributed by atoms with Gasteiger partial charge in [0.2, 0.25) is 5.82 Å². The number of fused-ring (bicyclic) bond motifs is 4. The second kappa shape index (κ2) is 9.00. The van der Waals surface area contributed by atoms with Crippen LogP contribution in [0.1, 0.15) is 33.0 Å². The van der Waals surface area contributed by atoms with Crippen LogP contribution in [0.3, 0.4) is 0 Å². The number of hydrogen-bond donors (Lipinski definition) is 4. The number of benzene rings is 1. The van der Waals surface area contributed by atoms with Crippen molar-refractivity contribution in [1.82, 2.24) is 9.97 Å². The summed E-state index contributed by atoms with van der Waals surface area (Å²) in [5.41, 5.74) is 6.50. The minimum atomic E-state index is -1.20. The number of nitrogens with one attached hydrogen (secondary N) is 2. The molecule has 0 saturated carbocycles. The Morgan fingerprint density at radius 2 is 2.10 bits per heavy atom. The summed E-state index contributed by atoms with van der Waals surface area (Å²) in [5.74, 6) is -2.01. The molecule has 5 rings (SSSR count). The van der Waals surface area contributed by atoms with E-state index in [0.29, 0.717) is 21.5 Å². The van der Waals surface area contributed by atoms with E-state index in [1.54, 1.807) is 12.1 Å². The number of aryl methyl sites for hydroxylation is 2. The largest absolute Gasteiger partial charge is 0.481 e. The molecule has 2 aliphatic rings. The molecule has 164 valence electrons. The number of nitrogens with zero attached hydrogens (tertiary/aromatic N) is 1. The van der Waals surface area contributed by atoms with Gasteiger partial charge in [-0.15, -0.1) is 23.7 Å². The molecule has 0 radical (unpaired) electrons. The van der Waals surface area contributed by atoms with Crippen LogP contribution >= 0.6 is 23.7 Å². The summed E-state index contributed by atoms with van der Waals surface area (Å²) >= 11 is 1.44. The van der Waals surface area contributed by atoms with E-state index in [1.165, 1.54) is 16.2 Å². The zero-order chi connectivity index (χ0) is 21.4. The van der Waals surface area contributed by atoms with E-state index in [2.05, 4.69) is 15.3 Å². The maximum absolute atomic E-state index is 13.6. The molecular weight excluding hydrogens is 451 g/mol. The number of nitrogens with two attached hydrogens (primary N) is 1. The van der Waals surface area contributed by atoms with Crippen LogP contribution in [-0.2, 0) is 24.2 Å². The molecule has 12 heteroatoms. The normalized spacial score (nSPS) is 13.8. The molecule has 0 saturated heterocycles. The van der Waals surface area contributed by atoms with Gasteiger partial charge in [0.1, 0.15) is 16.3 Å². The Bertz CT molecular complexity index is 1240. The van der Waals surface area contributed by atoms with Crippen LogP contribution < -0.4 is 21.3 Å². The second-order valence-corrected chi connectivity index (χ2v) is 7.79. The molecular formula is C19H18ClFN4O5S. The summed E-state index contributed by atoms with van der Waals surface area (Å²) in [6.07, 6.45) is 2.93. The quantitative estimate of drug-likeness (QED) is 0.450. The number of amides is 1. The van der Waals surface area contributed by atoms with Gasteiger partial charge in [-0.3, -0.25) is 9.59 Å². The first-order valence-corrected chi connectivity index (χ1v) is 9.92. The summed E-state index contributed by atoms with van der Waals surface area (Å²) in [6.45, 7) is 0.0173. The van der Waals surface area contributed by atoms with E-state index in [0.717, 1.165) is 24.8 Å². The lowest BCUT2D eigenvalue weighted by molar-refractivity contribution is -0.118. The number of halogens is 2. The Morgan fingerprint density at radius 3 is 2.81 bits per heavy atom. The lowest BCUT2D eigenvalue weighted by atomic mass is 10.1. The maximum Gasteiger partial charge on any atom is 0.372 e. The molecule has 1 amide bonds. The fraction of sp³-hybridized carbons (Fsp3) is 0.263. The van der Waals surface area contributed by atoms with Gasteiger partial charge in [0.25, 0.3) is 11.5 Å². The molecule has 0 atom stereocenters. The molecule has 0 bridgehead atoms. The van der Waals surface area contributed by atoms with E-state index in [4.69, 9.17) is 15.6 Å². The fourth-order valence-corrected chi connectivity index (χ4v) is 4.68. The highest BCUT2D eigenvalue weighted by Gasteiger charge is 2.22. The van der Waals surface area contributed by atoms with Crippen LogP contribution in [0.25, 0.3) is 10.2 Å². The number of hydrogen-bond acceptors (Lipinski definition) is 7. The predicted octanol–water partition coefficient (Wildman–Crippen LogP) is 2.21. The number of aromatic carboxylic acids is 1. The second-order valence-electron chi connectivity index (χ2n) is 6.71. The Labute approximate surface area is 184 Å². The highest BCUT2D eigenvalue weighted by Crippen LogP contribution is 2.34. The number of ether oxygens (including phenoxy) is 1. The van der Waals surface area contributed by atoms with Gasteiger partial charge >= 0.3 is 5.97 Å². The molecule has 3 heterocycles. The van der Waals surface area contributed by atoms with E-state index >= 15 is 0 Å². The Morgan fingerprint density at radius 1 is 1.32 bits per heavy atom. The highest BCUT2D eigenvalue weighted by molar-refractivity contribution is 7.18. The summed E-state index contributed by atoms with van der Waals surface area (Å²) < 4.78 is 18.6. The maximum atomic E-state index is 13.6. The number of rotatable bonds is 2. The lowest BCUT2D eigenvalue weighted by Gasteiger charge is -2.19. The van der Waals surface area contributed by atoms with E-state index in [-0.39, 0.29) is 48.5 Å². The molecule has 0 fully saturated rings. The predicted molar refractivity (Wildman–Crippen MR) is 115 cm³/mol. The number of carbonyl (C=O) groups is 2. The lowest BCUT2D eigenvalue weighted by Crippen LogP contribution is -2.26. The average Bonchev–Trinajstić information content (AvgIpc) is 3.30. The zero-order valence-corrected chi connectivity index (χ0v) is 17.6. The van der Waals surface area contributed by atoms with Gasteiger partial charge < -0.3 is 25.9 Å². The molecule has 5 N–H and O–H groups in total. The number of thiophene rings is 1. The highest BCUT2D eigenvalue weighted by atomic mass is 35.5. The van der Waals surface area contributed by atoms with Crippen LogP contribution in [0.5, 0.6) is 5.75 Å². The van der Waals surface area contributed by atoms with Crippen LogP contribution in [-0.4, -0.2) is 33.6 Å². The van der Waals surface area contributed by atoms with Gasteiger partial charge in [0, 0.05) is 17.0 Å². The fourth-order valence-electron chi connectivity index (χ4n) is 3.42. The summed E-state index contributed by atoms with van der Waals surface area (Å²) in [5, 5.41) is 11.8. The smallest absolute Gasteiger partial charge is 0.372 e. The summed E-state index contributed by atoms with van der Waals surface area (Å²) in [4.78, 5) is 41.5. The van der Waals surface area contributed by atoms with Crippen molar-refractivity contribution in [3.05, 3.63) is 50.1 Å². The van der Waals surface area contributed by atoms with Gasteiger partial charge in [-0.05, 0) is 30.9 Å². The van der Waals surface area contributed by atoms with Crippen molar-refractivity contribution in [2.75, 3.05) is 11.9 Å². The van der Waals surface area contributed by atoms with Crippen LogP contribution in [0.2, 0.25) is 0 Å². The van der Waals surface area contributed by atoms with Gasteiger partial charge in [-0.2, -0.15) is 0 Å². The van der Waals surface area contributed by atoms with E-state index in [9.17, 15) is 18.8 Å². The topological polar surface area (TPSA) is 147 Å². The number of carbonyl (C=O) groups excluding carboxylic acids is 1. The molecule has 0 unspecified atom stereocenters. The first kappa shape index (κ1) is 22.7. The van der Waals surface area contributed by atoms with Crippen LogP contribution in [0.4, 0.5) is 10.1 Å². The van der Waals surface area contributed by atoms with Gasteiger partial charge in [-0.25, -0.2) is 14.2 Å². The first-order valence-electron chi connectivity index (χ1n) is 9.11. The van der Waals surface area contributed by atoms with Crippen molar-refractivity contribution in [3.8, 4) is 5.75 Å². The SMILES string of the molecule is Cl.NCc1ccc2c(c1F)NC(=O)CO2.O=C(O)c1nc2sc3c(c2c(=O)[nH]1)CCC3. The number of carboxylic acid groups (broad SMARTS) is 1. The first-order chi connectivity index (χ1) is 14.4. The van der Waals surface area contributed by atoms with Crippen molar-refractivity contribution in [2.45, 2.75) is 25.8 Å². The molecule has 31 heavy (non-hydrogen) atoms. The number of H-pyrrole nitrogens is 1. The van der Waals surface area contributed by atoms with Crippen molar-refractivity contribution < 1.29 is 23.8 Å². The third-order valence-corrected chi connectivity index (χ3v) is 5.99. The number of anilines is 1. The van der Waals surface area contributed by atoms with Crippen molar-refractivity contribution in [2.24, 2.45) is 5.73 Å². The molecule has 1 aliphatic heterocycles. The Kier molecular flexibility index (Phi) is 6.58. The number of aromatic nitrogens is 2. The number of aromatic amines is 1. The van der Waals surface area contributed by atoms with Gasteiger partial charge in [-0.1, -0.05) is 6.07 Å². The number of carboxylic acids is 1. The van der Waals surface area contributed by atoms with Crippen molar-refractivity contribution in [3.63, 3.8) is 0 Å². The Balaban J connectivity index is 0.000000172. The molecule has 0 spiro atoms. The van der Waals surface area contributed by atoms with Crippen molar-refractivity contribution >= 4 is 51.5 Å². The van der Waals surface area contributed by atoms with Gasteiger partial charge in [0.05, 0.1) is 5.39 Å². The Hall–Kier alpha value is -3.02. The zero-order valence-electron chi connectivity index (χ0n) is 16.0. The molecule has 3 aromatic rings. The minimum Gasteiger partial charge on any atom is -0.481 e. The van der Waals surface area contributed by atoms with Crippen LogP contribution in [0, 0.1) is 5.82 Å². The molecule has 2 aromatic heterocycles. The standard InChI is InChI=1S/C10H8N2O3S.C9H9FN2O2.ClH/c13-8-6-4-2-1-3-5(4)16-9(6)12-7(11-8)10(14)15;10-8-5(3-11)1-2-6-9(8)12-7(13)4-14-6;/h1-3H2,(H,14,15)(H,11,12,13);1-2H,3-4,11H2,(H,12,13);1H. The molecule has 9 nitrogen and oxygen atoms in total. The monoisotopic (exact) mass is 468 g/mol. The van der Waals surface area contributed by atoms with Crippen LogP contribution in [0.15, 0.2) is 16.9 Å². The van der Waals surface area contributed by atoms with E-state index in [1.807, 2.05) is 0 Å². The van der Waals surface area contributed by atoms with Gasteiger partial charge in [0.15, 0.2) is 12.4 Å².